The van der Waals surface area contributed by atoms with Crippen molar-refractivity contribution in [1.29, 1.82) is 0 Å². The van der Waals surface area contributed by atoms with Gasteiger partial charge in [0, 0.05) is 6.42 Å². The Morgan fingerprint density at radius 3 is 1.88 bits per heavy atom. The van der Waals surface area contributed by atoms with Crippen molar-refractivity contribution < 1.29 is 14.3 Å². The van der Waals surface area contributed by atoms with E-state index in [0.29, 0.717) is 13.0 Å². The van der Waals surface area contributed by atoms with Crippen molar-refractivity contribution in [1.82, 2.24) is 5.32 Å². The van der Waals surface area contributed by atoms with Gasteiger partial charge in [-0.15, -0.1) is 0 Å². The van der Waals surface area contributed by atoms with E-state index in [2.05, 4.69) is 24.4 Å². The van der Waals surface area contributed by atoms with Crippen molar-refractivity contribution >= 4 is 11.9 Å². The number of hydrogen-bond acceptors (Lipinski definition) is 3. The van der Waals surface area contributed by atoms with E-state index in [0.717, 1.165) is 12.8 Å². The van der Waals surface area contributed by atoms with E-state index in [4.69, 9.17) is 4.74 Å². The molecule has 0 heterocycles. The molecule has 0 bridgehead atoms. The molecule has 0 fully saturated rings. The van der Waals surface area contributed by atoms with Crippen LogP contribution in [0.5, 0.6) is 0 Å². The molecular weight excluding hydrogens is 326 g/mol. The van der Waals surface area contributed by atoms with E-state index >= 15 is 0 Å². The fourth-order valence-electron chi connectivity index (χ4n) is 2.83. The van der Waals surface area contributed by atoms with E-state index in [9.17, 15) is 9.59 Å². The molecule has 1 N–H and O–H groups in total. The number of ether oxygens (including phenoxy) is 1. The number of unbranched alkanes of at least 4 members (excludes halogenated alkanes) is 11. The minimum atomic E-state index is -0.368. The monoisotopic (exact) mass is 367 g/mol. The summed E-state index contributed by atoms with van der Waals surface area (Å²) >= 11 is 0. The van der Waals surface area contributed by atoms with Gasteiger partial charge in [0.15, 0.2) is 0 Å². The molecule has 0 radical (unpaired) electrons. The van der Waals surface area contributed by atoms with Gasteiger partial charge >= 0.3 is 5.97 Å². The van der Waals surface area contributed by atoms with Crippen LogP contribution < -0.4 is 5.32 Å². The van der Waals surface area contributed by atoms with Crippen LogP contribution in [0.2, 0.25) is 0 Å². The van der Waals surface area contributed by atoms with Crippen LogP contribution in [0.1, 0.15) is 104 Å². The maximum Gasteiger partial charge on any atom is 0.325 e. The highest BCUT2D eigenvalue weighted by atomic mass is 16.5. The normalized spacial score (nSPS) is 11.0. The van der Waals surface area contributed by atoms with Crippen LogP contribution in [0.25, 0.3) is 0 Å². The van der Waals surface area contributed by atoms with Crippen molar-refractivity contribution in [2.24, 2.45) is 0 Å². The lowest BCUT2D eigenvalue weighted by molar-refractivity contribution is -0.143. The second-order valence-corrected chi connectivity index (χ2v) is 6.92. The van der Waals surface area contributed by atoms with Gasteiger partial charge < -0.3 is 10.1 Å². The average Bonchev–Trinajstić information content (AvgIpc) is 2.63. The smallest absolute Gasteiger partial charge is 0.325 e. The van der Waals surface area contributed by atoms with Gasteiger partial charge in [-0.05, 0) is 39.0 Å². The van der Waals surface area contributed by atoms with Gasteiger partial charge in [0.25, 0.3) is 0 Å². The van der Waals surface area contributed by atoms with Crippen molar-refractivity contribution in [3.8, 4) is 0 Å². The third-order valence-electron chi connectivity index (χ3n) is 4.40. The Balaban J connectivity index is 3.25. The number of esters is 1. The van der Waals surface area contributed by atoms with Gasteiger partial charge in [0.1, 0.15) is 6.54 Å². The number of carbonyl (C=O) groups excluding carboxylic acids is 2. The Labute approximate surface area is 161 Å². The molecule has 1 amide bonds. The van der Waals surface area contributed by atoms with Crippen LogP contribution in [-0.2, 0) is 14.3 Å². The Kier molecular flexibility index (Phi) is 19.0. The summed E-state index contributed by atoms with van der Waals surface area (Å²) in [5.74, 6) is -0.424. The Morgan fingerprint density at radius 2 is 1.31 bits per heavy atom. The molecule has 0 saturated carbocycles. The summed E-state index contributed by atoms with van der Waals surface area (Å²) in [4.78, 5) is 22.7. The van der Waals surface area contributed by atoms with Gasteiger partial charge in [0.05, 0.1) is 6.61 Å². The second-order valence-electron chi connectivity index (χ2n) is 6.92. The summed E-state index contributed by atoms with van der Waals surface area (Å²) in [7, 11) is 0. The summed E-state index contributed by atoms with van der Waals surface area (Å²) in [6.45, 7) is 4.34. The van der Waals surface area contributed by atoms with Crippen LogP contribution in [0.15, 0.2) is 12.2 Å². The molecule has 4 nitrogen and oxygen atoms in total. The van der Waals surface area contributed by atoms with Crippen LogP contribution in [-0.4, -0.2) is 25.0 Å². The zero-order valence-corrected chi connectivity index (χ0v) is 17.2. The molecule has 0 unspecified atom stereocenters. The van der Waals surface area contributed by atoms with Crippen LogP contribution in [0.4, 0.5) is 0 Å². The number of carbonyl (C=O) groups is 2. The van der Waals surface area contributed by atoms with Gasteiger partial charge in [-0.25, -0.2) is 0 Å². The van der Waals surface area contributed by atoms with Gasteiger partial charge in [-0.3, -0.25) is 9.59 Å². The largest absolute Gasteiger partial charge is 0.465 e. The Morgan fingerprint density at radius 1 is 0.769 bits per heavy atom. The second kappa shape index (κ2) is 20.0. The van der Waals surface area contributed by atoms with Crippen molar-refractivity contribution in [3.63, 3.8) is 0 Å². The summed E-state index contributed by atoms with van der Waals surface area (Å²) < 4.78 is 4.77. The number of nitrogens with one attached hydrogen (secondary N) is 1. The highest BCUT2D eigenvalue weighted by molar-refractivity contribution is 5.81. The molecule has 0 aliphatic rings. The summed E-state index contributed by atoms with van der Waals surface area (Å²) in [5.41, 5.74) is 0. The minimum Gasteiger partial charge on any atom is -0.465 e. The molecule has 0 aromatic carbocycles. The standard InChI is InChI=1S/C22H41NO3/c1-3-5-6-7-8-9-10-11-12-13-14-15-16-17-18-19-21(24)23-20-22(25)26-4-2/h9-10H,3-8,11-20H2,1-2H3,(H,23,24)/b10-9+. The molecule has 0 aliphatic carbocycles. The highest BCUT2D eigenvalue weighted by Crippen LogP contribution is 2.10. The van der Waals surface area contributed by atoms with Crippen molar-refractivity contribution in [3.05, 3.63) is 12.2 Å². The van der Waals surface area contributed by atoms with E-state index in [-0.39, 0.29) is 18.4 Å². The third-order valence-corrected chi connectivity index (χ3v) is 4.40. The number of allylic oxidation sites excluding steroid dienone is 2. The topological polar surface area (TPSA) is 55.4 Å². The van der Waals surface area contributed by atoms with E-state index < -0.39 is 0 Å². The van der Waals surface area contributed by atoms with Crippen LogP contribution >= 0.6 is 0 Å². The van der Waals surface area contributed by atoms with Gasteiger partial charge in [0.2, 0.25) is 5.91 Å². The summed E-state index contributed by atoms with van der Waals surface area (Å²) in [6.07, 6.45) is 21.4. The summed E-state index contributed by atoms with van der Waals surface area (Å²) in [6, 6.07) is 0. The fraction of sp³-hybridized carbons (Fsp3) is 0.818. The molecular formula is C22H41NO3. The fourth-order valence-corrected chi connectivity index (χ4v) is 2.83. The Hall–Kier alpha value is -1.32. The van der Waals surface area contributed by atoms with E-state index in [1.807, 2.05) is 0 Å². The lowest BCUT2D eigenvalue weighted by atomic mass is 10.1. The molecule has 0 rings (SSSR count). The molecule has 0 aromatic rings. The predicted octanol–water partition coefficient (Wildman–Crippen LogP) is 5.70. The maximum atomic E-state index is 11.6. The van der Waals surface area contributed by atoms with E-state index in [1.165, 1.54) is 70.6 Å². The zero-order chi connectivity index (χ0) is 19.3. The van der Waals surface area contributed by atoms with Crippen LogP contribution in [0.3, 0.4) is 0 Å². The molecule has 0 saturated heterocycles. The molecule has 0 aliphatic heterocycles. The first-order valence-corrected chi connectivity index (χ1v) is 10.8. The summed E-state index contributed by atoms with van der Waals surface area (Å²) in [5, 5.41) is 2.60. The molecule has 152 valence electrons. The third kappa shape index (κ3) is 19.0. The molecule has 0 atom stereocenters. The zero-order valence-electron chi connectivity index (χ0n) is 17.2. The van der Waals surface area contributed by atoms with Gasteiger partial charge in [-0.1, -0.05) is 70.4 Å². The molecule has 26 heavy (non-hydrogen) atoms. The Bertz CT molecular complexity index is 366. The quantitative estimate of drug-likeness (QED) is 0.192. The lowest BCUT2D eigenvalue weighted by Crippen LogP contribution is -2.30. The molecule has 0 aromatic heterocycles. The first-order chi connectivity index (χ1) is 12.7. The predicted molar refractivity (Wildman–Crippen MR) is 109 cm³/mol. The van der Waals surface area contributed by atoms with Crippen molar-refractivity contribution in [2.75, 3.05) is 13.2 Å². The van der Waals surface area contributed by atoms with Crippen molar-refractivity contribution in [2.45, 2.75) is 104 Å². The maximum absolute atomic E-state index is 11.6. The van der Waals surface area contributed by atoms with Crippen LogP contribution in [0, 0.1) is 0 Å². The van der Waals surface area contributed by atoms with Gasteiger partial charge in [-0.2, -0.15) is 0 Å². The highest BCUT2D eigenvalue weighted by Gasteiger charge is 2.05. The first-order valence-electron chi connectivity index (χ1n) is 10.8. The molecule has 4 heteroatoms. The number of hydrogen-bond donors (Lipinski definition) is 1. The SMILES string of the molecule is CCCCCC/C=C/CCCCCCCCCC(=O)NCC(=O)OCC. The lowest BCUT2D eigenvalue weighted by Gasteiger charge is -2.05. The number of amides is 1. The first kappa shape index (κ1) is 24.7. The average molecular weight is 368 g/mol. The number of rotatable bonds is 18. The van der Waals surface area contributed by atoms with E-state index in [1.54, 1.807) is 6.92 Å². The molecule has 0 spiro atoms. The minimum absolute atomic E-state index is 0.0140.